The summed E-state index contributed by atoms with van der Waals surface area (Å²) >= 11 is 0. The lowest BCUT2D eigenvalue weighted by atomic mass is 9.99. The molecular formula is C16H23ClN2O3. The van der Waals surface area contributed by atoms with E-state index in [0.29, 0.717) is 29.1 Å². The standard InChI is InChI=1S/C16H22N2O3.ClH/c1-20-14-5-3-4-13(15(14)21-2)16(19)18-12-8-10-6-7-11(9-12)17-10;/h3-5,10-12,17H,6-9H2,1-2H3,(H,18,19);1H. The van der Waals surface area contributed by atoms with Gasteiger partial charge >= 0.3 is 0 Å². The number of amides is 1. The van der Waals surface area contributed by atoms with Crippen LogP contribution in [0.4, 0.5) is 0 Å². The van der Waals surface area contributed by atoms with Gasteiger partial charge in [0.25, 0.3) is 5.91 Å². The van der Waals surface area contributed by atoms with Gasteiger partial charge in [0.15, 0.2) is 11.5 Å². The molecule has 0 radical (unpaired) electrons. The fourth-order valence-corrected chi connectivity index (χ4v) is 3.50. The molecule has 2 heterocycles. The Morgan fingerprint density at radius 1 is 1.18 bits per heavy atom. The molecule has 3 rings (SSSR count). The lowest BCUT2D eigenvalue weighted by Crippen LogP contribution is -2.48. The minimum atomic E-state index is -0.0861. The normalized spacial score (nSPS) is 26.0. The van der Waals surface area contributed by atoms with E-state index in [4.69, 9.17) is 9.47 Å². The lowest BCUT2D eigenvalue weighted by Gasteiger charge is -2.29. The first-order valence-corrected chi connectivity index (χ1v) is 7.49. The third-order valence-electron chi connectivity index (χ3n) is 4.46. The average molecular weight is 327 g/mol. The molecule has 2 aliphatic heterocycles. The zero-order valence-corrected chi connectivity index (χ0v) is 13.7. The van der Waals surface area contributed by atoms with Crippen molar-refractivity contribution >= 4 is 18.3 Å². The van der Waals surface area contributed by atoms with Crippen LogP contribution in [0.5, 0.6) is 11.5 Å². The van der Waals surface area contributed by atoms with Crippen molar-refractivity contribution in [3.8, 4) is 11.5 Å². The van der Waals surface area contributed by atoms with E-state index >= 15 is 0 Å². The molecule has 2 atom stereocenters. The number of rotatable bonds is 4. The summed E-state index contributed by atoms with van der Waals surface area (Å²) in [5, 5.41) is 6.73. The summed E-state index contributed by atoms with van der Waals surface area (Å²) in [5.74, 6) is 0.988. The maximum Gasteiger partial charge on any atom is 0.255 e. The summed E-state index contributed by atoms with van der Waals surface area (Å²) in [5.41, 5.74) is 0.530. The number of para-hydroxylation sites is 1. The van der Waals surface area contributed by atoms with Crippen molar-refractivity contribution in [2.24, 2.45) is 0 Å². The Morgan fingerprint density at radius 3 is 2.45 bits per heavy atom. The number of hydrogen-bond donors (Lipinski definition) is 2. The molecule has 0 spiro atoms. The van der Waals surface area contributed by atoms with Gasteiger partial charge < -0.3 is 20.1 Å². The topological polar surface area (TPSA) is 59.6 Å². The van der Waals surface area contributed by atoms with Crippen molar-refractivity contribution in [1.82, 2.24) is 10.6 Å². The van der Waals surface area contributed by atoms with E-state index in [2.05, 4.69) is 10.6 Å². The molecule has 2 fully saturated rings. The van der Waals surface area contributed by atoms with Crippen LogP contribution in [-0.2, 0) is 0 Å². The van der Waals surface area contributed by atoms with E-state index in [1.54, 1.807) is 26.4 Å². The zero-order valence-electron chi connectivity index (χ0n) is 12.9. The zero-order chi connectivity index (χ0) is 14.8. The molecular weight excluding hydrogens is 304 g/mol. The summed E-state index contributed by atoms with van der Waals surface area (Å²) in [6, 6.07) is 6.73. The third kappa shape index (κ3) is 3.31. The van der Waals surface area contributed by atoms with Gasteiger partial charge in [-0.1, -0.05) is 6.07 Å². The first-order valence-electron chi connectivity index (χ1n) is 7.49. The molecule has 1 aromatic carbocycles. The van der Waals surface area contributed by atoms with E-state index in [0.717, 1.165) is 12.8 Å². The van der Waals surface area contributed by atoms with Crippen molar-refractivity contribution in [2.45, 2.75) is 43.8 Å². The second-order valence-corrected chi connectivity index (χ2v) is 5.82. The second-order valence-electron chi connectivity index (χ2n) is 5.82. The van der Waals surface area contributed by atoms with Gasteiger partial charge in [-0.3, -0.25) is 4.79 Å². The number of benzene rings is 1. The predicted molar refractivity (Wildman–Crippen MR) is 87.2 cm³/mol. The van der Waals surface area contributed by atoms with E-state index in [1.165, 1.54) is 12.8 Å². The van der Waals surface area contributed by atoms with Crippen LogP contribution >= 0.6 is 12.4 Å². The highest BCUT2D eigenvalue weighted by molar-refractivity contribution is 5.98. The van der Waals surface area contributed by atoms with Gasteiger partial charge in [-0.25, -0.2) is 0 Å². The number of methoxy groups -OCH3 is 2. The first-order chi connectivity index (χ1) is 10.2. The molecule has 122 valence electrons. The number of fused-ring (bicyclic) bond motifs is 2. The summed E-state index contributed by atoms with van der Waals surface area (Å²) < 4.78 is 10.6. The fourth-order valence-electron chi connectivity index (χ4n) is 3.50. The smallest absolute Gasteiger partial charge is 0.255 e. The third-order valence-corrected chi connectivity index (χ3v) is 4.46. The fraction of sp³-hybridized carbons (Fsp3) is 0.562. The Bertz CT molecular complexity index is 526. The molecule has 6 heteroatoms. The number of hydrogen-bond acceptors (Lipinski definition) is 4. The van der Waals surface area contributed by atoms with Gasteiger partial charge in [0.2, 0.25) is 0 Å². The van der Waals surface area contributed by atoms with Crippen molar-refractivity contribution in [2.75, 3.05) is 14.2 Å². The van der Waals surface area contributed by atoms with Crippen molar-refractivity contribution < 1.29 is 14.3 Å². The minimum Gasteiger partial charge on any atom is -0.493 e. The maximum absolute atomic E-state index is 12.5. The summed E-state index contributed by atoms with van der Waals surface area (Å²) in [6.45, 7) is 0. The Labute approximate surface area is 137 Å². The quantitative estimate of drug-likeness (QED) is 0.890. The van der Waals surface area contributed by atoms with Crippen LogP contribution in [0, 0.1) is 0 Å². The van der Waals surface area contributed by atoms with Gasteiger partial charge in [-0.15, -0.1) is 12.4 Å². The molecule has 2 N–H and O–H groups in total. The Hall–Kier alpha value is -1.46. The Kier molecular flexibility index (Phi) is 5.53. The van der Waals surface area contributed by atoms with Gasteiger partial charge in [0.1, 0.15) is 0 Å². The van der Waals surface area contributed by atoms with Crippen molar-refractivity contribution in [3.05, 3.63) is 23.8 Å². The molecule has 1 aromatic rings. The molecule has 22 heavy (non-hydrogen) atoms. The van der Waals surface area contributed by atoms with Crippen LogP contribution in [0.3, 0.4) is 0 Å². The highest BCUT2D eigenvalue weighted by Crippen LogP contribution is 2.31. The number of halogens is 1. The van der Waals surface area contributed by atoms with Crippen LogP contribution in [0.25, 0.3) is 0 Å². The largest absolute Gasteiger partial charge is 0.493 e. The van der Waals surface area contributed by atoms with Crippen molar-refractivity contribution in [3.63, 3.8) is 0 Å². The van der Waals surface area contributed by atoms with Gasteiger partial charge in [-0.2, -0.15) is 0 Å². The SMILES string of the molecule is COc1cccc(C(=O)NC2CC3CCC(C2)N3)c1OC.Cl. The summed E-state index contributed by atoms with van der Waals surface area (Å²) in [6.07, 6.45) is 4.46. The molecule has 0 saturated carbocycles. The number of piperidine rings is 1. The molecule has 1 amide bonds. The highest BCUT2D eigenvalue weighted by Gasteiger charge is 2.34. The van der Waals surface area contributed by atoms with Crippen molar-refractivity contribution in [1.29, 1.82) is 0 Å². The van der Waals surface area contributed by atoms with E-state index in [1.807, 2.05) is 6.07 Å². The van der Waals surface area contributed by atoms with Gasteiger partial charge in [0.05, 0.1) is 19.8 Å². The first kappa shape index (κ1) is 16.9. The minimum absolute atomic E-state index is 0. The van der Waals surface area contributed by atoms with Gasteiger partial charge in [-0.05, 0) is 37.8 Å². The predicted octanol–water partition coefficient (Wildman–Crippen LogP) is 2.14. The molecule has 5 nitrogen and oxygen atoms in total. The van der Waals surface area contributed by atoms with Crippen LogP contribution < -0.4 is 20.1 Å². The monoisotopic (exact) mass is 326 g/mol. The van der Waals surface area contributed by atoms with E-state index < -0.39 is 0 Å². The lowest BCUT2D eigenvalue weighted by molar-refractivity contribution is 0.0920. The maximum atomic E-state index is 12.5. The molecule has 2 bridgehead atoms. The molecule has 0 aromatic heterocycles. The van der Waals surface area contributed by atoms with E-state index in [9.17, 15) is 4.79 Å². The average Bonchev–Trinajstić information content (AvgIpc) is 2.85. The number of carbonyl (C=O) groups is 1. The van der Waals surface area contributed by atoms with Crippen LogP contribution in [0.15, 0.2) is 18.2 Å². The van der Waals surface area contributed by atoms with Gasteiger partial charge in [0, 0.05) is 18.1 Å². The molecule has 0 aliphatic carbocycles. The second kappa shape index (κ2) is 7.20. The van der Waals surface area contributed by atoms with Crippen LogP contribution in [-0.4, -0.2) is 38.3 Å². The Morgan fingerprint density at radius 2 is 1.86 bits per heavy atom. The number of nitrogens with one attached hydrogen (secondary N) is 2. The summed E-state index contributed by atoms with van der Waals surface area (Å²) in [4.78, 5) is 12.5. The van der Waals surface area contributed by atoms with Crippen LogP contribution in [0.1, 0.15) is 36.0 Å². The van der Waals surface area contributed by atoms with E-state index in [-0.39, 0.29) is 24.4 Å². The Balaban J connectivity index is 0.00000176. The van der Waals surface area contributed by atoms with Crippen LogP contribution in [0.2, 0.25) is 0 Å². The summed E-state index contributed by atoms with van der Waals surface area (Å²) in [7, 11) is 3.13. The number of ether oxygens (including phenoxy) is 2. The molecule has 2 unspecified atom stereocenters. The molecule has 2 saturated heterocycles. The highest BCUT2D eigenvalue weighted by atomic mass is 35.5. The number of carbonyl (C=O) groups excluding carboxylic acids is 1. The molecule has 2 aliphatic rings.